The molecular formula is C15H12BrN5S. The molecular weight excluding hydrogens is 362 g/mol. The van der Waals surface area contributed by atoms with Gasteiger partial charge >= 0.3 is 0 Å². The standard InChI is InChI=1S/C15H12BrN5S/c1-20(15-18-8-11(7-17)22-15)14-12-6-10(16)4-5-21(12)19-13(14)9-2-3-9/h4-6,8-9H,2-3H2,1H3. The molecule has 0 amide bonds. The molecule has 0 aromatic carbocycles. The Balaban J connectivity index is 1.90. The van der Waals surface area contributed by atoms with Gasteiger partial charge in [0.15, 0.2) is 5.13 Å². The number of anilines is 2. The van der Waals surface area contributed by atoms with Crippen LogP contribution < -0.4 is 4.90 Å². The minimum absolute atomic E-state index is 0.534. The van der Waals surface area contributed by atoms with Gasteiger partial charge in [-0.25, -0.2) is 9.50 Å². The molecule has 1 fully saturated rings. The average Bonchev–Trinajstić information content (AvgIpc) is 3.13. The molecule has 0 atom stereocenters. The van der Waals surface area contributed by atoms with Crippen molar-refractivity contribution in [1.29, 1.82) is 5.26 Å². The monoisotopic (exact) mass is 373 g/mol. The lowest BCUT2D eigenvalue weighted by atomic mass is 10.2. The van der Waals surface area contributed by atoms with E-state index in [9.17, 15) is 0 Å². The van der Waals surface area contributed by atoms with E-state index in [2.05, 4.69) is 33.0 Å². The maximum absolute atomic E-state index is 9.00. The number of hydrogen-bond donors (Lipinski definition) is 0. The van der Waals surface area contributed by atoms with E-state index in [4.69, 9.17) is 10.4 Å². The van der Waals surface area contributed by atoms with Gasteiger partial charge in [-0.1, -0.05) is 27.3 Å². The van der Waals surface area contributed by atoms with E-state index >= 15 is 0 Å². The number of nitriles is 1. The fraction of sp³-hybridized carbons (Fsp3) is 0.267. The normalized spacial score (nSPS) is 14.2. The minimum Gasteiger partial charge on any atom is -0.317 e. The van der Waals surface area contributed by atoms with E-state index in [0.29, 0.717) is 10.8 Å². The lowest BCUT2D eigenvalue weighted by Crippen LogP contribution is -2.10. The number of rotatable bonds is 3. The largest absolute Gasteiger partial charge is 0.317 e. The Hall–Kier alpha value is -1.91. The molecule has 7 heteroatoms. The highest BCUT2D eigenvalue weighted by atomic mass is 79.9. The van der Waals surface area contributed by atoms with Crippen LogP contribution in [0.15, 0.2) is 29.0 Å². The molecule has 0 bridgehead atoms. The second-order valence-corrected chi connectivity index (χ2v) is 7.29. The van der Waals surface area contributed by atoms with Crippen molar-refractivity contribution in [2.75, 3.05) is 11.9 Å². The molecule has 1 saturated carbocycles. The van der Waals surface area contributed by atoms with Gasteiger partial charge in [0.05, 0.1) is 23.1 Å². The fourth-order valence-electron chi connectivity index (χ4n) is 2.57. The van der Waals surface area contributed by atoms with Gasteiger partial charge in [0.1, 0.15) is 10.9 Å². The van der Waals surface area contributed by atoms with Gasteiger partial charge in [-0.3, -0.25) is 0 Å². The maximum Gasteiger partial charge on any atom is 0.190 e. The molecule has 0 spiro atoms. The summed E-state index contributed by atoms with van der Waals surface area (Å²) in [4.78, 5) is 7.03. The van der Waals surface area contributed by atoms with Crippen LogP contribution in [0.1, 0.15) is 29.3 Å². The summed E-state index contributed by atoms with van der Waals surface area (Å²) in [6.45, 7) is 0. The third kappa shape index (κ3) is 2.19. The molecule has 0 saturated heterocycles. The van der Waals surface area contributed by atoms with E-state index in [0.717, 1.165) is 26.5 Å². The topological polar surface area (TPSA) is 57.2 Å². The van der Waals surface area contributed by atoms with Gasteiger partial charge < -0.3 is 4.90 Å². The lowest BCUT2D eigenvalue weighted by molar-refractivity contribution is 0.889. The summed E-state index contributed by atoms with van der Waals surface area (Å²) in [6, 6.07) is 6.20. The highest BCUT2D eigenvalue weighted by Crippen LogP contribution is 2.46. The van der Waals surface area contributed by atoms with E-state index < -0.39 is 0 Å². The zero-order valence-electron chi connectivity index (χ0n) is 11.8. The number of halogens is 1. The van der Waals surface area contributed by atoms with Crippen LogP contribution in [-0.2, 0) is 0 Å². The van der Waals surface area contributed by atoms with E-state index in [1.807, 2.05) is 28.7 Å². The Morgan fingerprint density at radius 2 is 2.32 bits per heavy atom. The van der Waals surface area contributed by atoms with Crippen molar-refractivity contribution >= 4 is 43.6 Å². The zero-order chi connectivity index (χ0) is 15.3. The summed E-state index contributed by atoms with van der Waals surface area (Å²) in [5, 5.41) is 14.6. The molecule has 1 aliphatic rings. The van der Waals surface area contributed by atoms with Crippen LogP contribution in [0.25, 0.3) is 5.52 Å². The SMILES string of the molecule is CN(c1ncc(C#N)s1)c1c(C2CC2)nn2ccc(Br)cc12. The third-order valence-electron chi connectivity index (χ3n) is 3.79. The fourth-order valence-corrected chi connectivity index (χ4v) is 3.58. The third-order valence-corrected chi connectivity index (χ3v) is 5.26. The van der Waals surface area contributed by atoms with Crippen LogP contribution >= 0.6 is 27.3 Å². The Bertz CT molecular complexity index is 902. The molecule has 5 nitrogen and oxygen atoms in total. The number of nitrogens with zero attached hydrogens (tertiary/aromatic N) is 5. The quantitative estimate of drug-likeness (QED) is 0.694. The van der Waals surface area contributed by atoms with Crippen LogP contribution in [0.2, 0.25) is 0 Å². The predicted octanol–water partition coefficient (Wildman–Crippen LogP) is 4.07. The van der Waals surface area contributed by atoms with Crippen LogP contribution in [-0.4, -0.2) is 21.6 Å². The van der Waals surface area contributed by atoms with Gasteiger partial charge in [0.25, 0.3) is 0 Å². The Kier molecular flexibility index (Phi) is 3.17. The number of aromatic nitrogens is 3. The first kappa shape index (κ1) is 13.7. The van der Waals surface area contributed by atoms with E-state index in [1.54, 1.807) is 6.20 Å². The molecule has 0 aliphatic heterocycles. The van der Waals surface area contributed by atoms with E-state index in [-0.39, 0.29) is 0 Å². The number of pyridine rings is 1. The highest BCUT2D eigenvalue weighted by Gasteiger charge is 2.32. The Morgan fingerprint density at radius 1 is 1.50 bits per heavy atom. The second-order valence-electron chi connectivity index (χ2n) is 5.36. The number of fused-ring (bicyclic) bond motifs is 1. The van der Waals surface area contributed by atoms with Crippen molar-refractivity contribution in [3.05, 3.63) is 39.6 Å². The summed E-state index contributed by atoms with van der Waals surface area (Å²) < 4.78 is 2.94. The van der Waals surface area contributed by atoms with Gasteiger partial charge in [-0.15, -0.1) is 0 Å². The van der Waals surface area contributed by atoms with Crippen molar-refractivity contribution in [1.82, 2.24) is 14.6 Å². The van der Waals surface area contributed by atoms with Crippen LogP contribution in [0.3, 0.4) is 0 Å². The van der Waals surface area contributed by atoms with Gasteiger partial charge in [-0.05, 0) is 25.0 Å². The molecule has 0 N–H and O–H groups in total. The first-order valence-electron chi connectivity index (χ1n) is 6.95. The summed E-state index contributed by atoms with van der Waals surface area (Å²) in [6.07, 6.45) is 5.96. The van der Waals surface area contributed by atoms with Crippen LogP contribution in [0.5, 0.6) is 0 Å². The molecule has 3 heterocycles. The highest BCUT2D eigenvalue weighted by molar-refractivity contribution is 9.10. The molecule has 4 rings (SSSR count). The molecule has 3 aromatic heterocycles. The van der Waals surface area contributed by atoms with Crippen LogP contribution in [0, 0.1) is 11.3 Å². The smallest absolute Gasteiger partial charge is 0.190 e. The summed E-state index contributed by atoms with van der Waals surface area (Å²) >= 11 is 4.93. The van der Waals surface area contributed by atoms with Crippen molar-refractivity contribution < 1.29 is 0 Å². The van der Waals surface area contributed by atoms with Crippen molar-refractivity contribution in [3.63, 3.8) is 0 Å². The lowest BCUT2D eigenvalue weighted by Gasteiger charge is -2.16. The van der Waals surface area contributed by atoms with Gasteiger partial charge in [0, 0.05) is 23.6 Å². The first-order chi connectivity index (χ1) is 10.7. The number of hydrogen-bond acceptors (Lipinski definition) is 5. The average molecular weight is 374 g/mol. The van der Waals surface area contributed by atoms with Gasteiger partial charge in [-0.2, -0.15) is 10.4 Å². The Labute approximate surface area is 139 Å². The zero-order valence-corrected chi connectivity index (χ0v) is 14.2. The predicted molar refractivity (Wildman–Crippen MR) is 89.8 cm³/mol. The second kappa shape index (κ2) is 5.07. The number of thiazole rings is 1. The maximum atomic E-state index is 9.00. The molecule has 0 unspecified atom stereocenters. The molecule has 1 aliphatic carbocycles. The molecule has 110 valence electrons. The van der Waals surface area contributed by atoms with Gasteiger partial charge in [0.2, 0.25) is 0 Å². The van der Waals surface area contributed by atoms with E-state index in [1.165, 1.54) is 24.2 Å². The molecule has 0 radical (unpaired) electrons. The summed E-state index contributed by atoms with van der Waals surface area (Å²) in [5.41, 5.74) is 3.25. The van der Waals surface area contributed by atoms with Crippen molar-refractivity contribution in [2.24, 2.45) is 0 Å². The molecule has 22 heavy (non-hydrogen) atoms. The van der Waals surface area contributed by atoms with Crippen molar-refractivity contribution in [2.45, 2.75) is 18.8 Å². The summed E-state index contributed by atoms with van der Waals surface area (Å²) in [5.74, 6) is 0.534. The minimum atomic E-state index is 0.534. The van der Waals surface area contributed by atoms with Crippen molar-refractivity contribution in [3.8, 4) is 6.07 Å². The molecule has 3 aromatic rings. The first-order valence-corrected chi connectivity index (χ1v) is 8.56. The Morgan fingerprint density at radius 3 is 3.00 bits per heavy atom. The van der Waals surface area contributed by atoms with Crippen LogP contribution in [0.4, 0.5) is 10.8 Å². The summed E-state index contributed by atoms with van der Waals surface area (Å²) in [7, 11) is 1.99.